The first-order chi connectivity index (χ1) is 14.0. The maximum Gasteiger partial charge on any atom is 0.341 e. The van der Waals surface area contributed by atoms with E-state index in [1.54, 1.807) is 35.2 Å². The van der Waals surface area contributed by atoms with Crippen LogP contribution >= 0.6 is 24.0 Å². The van der Waals surface area contributed by atoms with Crippen molar-refractivity contribution in [3.63, 3.8) is 0 Å². The third-order valence-corrected chi connectivity index (χ3v) is 5.65. The number of aryl methyl sites for hydroxylation is 1. The van der Waals surface area contributed by atoms with Crippen molar-refractivity contribution in [3.8, 4) is 5.75 Å². The van der Waals surface area contributed by atoms with Gasteiger partial charge in [0, 0.05) is 0 Å². The van der Waals surface area contributed by atoms with E-state index in [9.17, 15) is 9.59 Å². The smallest absolute Gasteiger partial charge is 0.341 e. The van der Waals surface area contributed by atoms with Crippen LogP contribution in [0.3, 0.4) is 0 Å². The lowest BCUT2D eigenvalue weighted by molar-refractivity contribution is -0.139. The molecule has 150 valence electrons. The predicted octanol–water partition coefficient (Wildman–Crippen LogP) is 4.90. The van der Waals surface area contributed by atoms with Gasteiger partial charge in [-0.3, -0.25) is 9.69 Å². The molecular weight excluding hydrogens is 406 g/mol. The van der Waals surface area contributed by atoms with E-state index in [2.05, 4.69) is 6.92 Å². The van der Waals surface area contributed by atoms with E-state index < -0.39 is 12.6 Å². The Morgan fingerprint density at radius 2 is 1.86 bits per heavy atom. The molecule has 3 rings (SSSR count). The Balaban J connectivity index is 1.72. The highest BCUT2D eigenvalue weighted by Crippen LogP contribution is 2.36. The lowest BCUT2D eigenvalue weighted by atomic mass is 10.1. The molecule has 0 radical (unpaired) electrons. The van der Waals surface area contributed by atoms with Gasteiger partial charge in [0.2, 0.25) is 0 Å². The van der Waals surface area contributed by atoms with Gasteiger partial charge in [0.1, 0.15) is 5.75 Å². The van der Waals surface area contributed by atoms with Gasteiger partial charge >= 0.3 is 5.97 Å². The summed E-state index contributed by atoms with van der Waals surface area (Å²) in [5, 5.41) is 8.65. The SMILES string of the molecule is CCCCc1ccc(N2C(=O)/C(=C\c3ccc(OCC(=O)O)cc3)SC2=S)cc1. The zero-order valence-electron chi connectivity index (χ0n) is 16.0. The molecule has 0 saturated carbocycles. The summed E-state index contributed by atoms with van der Waals surface area (Å²) >= 11 is 6.69. The van der Waals surface area contributed by atoms with Crippen LogP contribution in [0.25, 0.3) is 6.08 Å². The maximum absolute atomic E-state index is 12.9. The summed E-state index contributed by atoms with van der Waals surface area (Å²) in [4.78, 5) is 25.5. The van der Waals surface area contributed by atoms with Crippen LogP contribution in [0, 0.1) is 0 Å². The molecule has 1 amide bonds. The third-order valence-electron chi connectivity index (χ3n) is 4.35. The fourth-order valence-corrected chi connectivity index (χ4v) is 4.14. The van der Waals surface area contributed by atoms with Crippen LogP contribution in [0.15, 0.2) is 53.4 Å². The maximum atomic E-state index is 12.9. The van der Waals surface area contributed by atoms with E-state index in [0.717, 1.165) is 30.5 Å². The van der Waals surface area contributed by atoms with Crippen molar-refractivity contribution in [1.82, 2.24) is 0 Å². The van der Waals surface area contributed by atoms with E-state index >= 15 is 0 Å². The molecule has 5 nitrogen and oxygen atoms in total. The quantitative estimate of drug-likeness (QED) is 0.478. The van der Waals surface area contributed by atoms with Crippen molar-refractivity contribution in [2.24, 2.45) is 0 Å². The fraction of sp³-hybridized carbons (Fsp3) is 0.227. The monoisotopic (exact) mass is 427 g/mol. The number of thiocarbonyl (C=S) groups is 1. The summed E-state index contributed by atoms with van der Waals surface area (Å²) in [6.45, 7) is 1.77. The molecule has 1 aliphatic heterocycles. The Morgan fingerprint density at radius 1 is 1.17 bits per heavy atom. The van der Waals surface area contributed by atoms with Gasteiger partial charge in [0.25, 0.3) is 5.91 Å². The second-order valence-corrected chi connectivity index (χ2v) is 8.21. The summed E-state index contributed by atoms with van der Waals surface area (Å²) in [5.41, 5.74) is 2.83. The van der Waals surface area contributed by atoms with Crippen LogP contribution in [0.1, 0.15) is 30.9 Å². The Kier molecular flexibility index (Phi) is 7.06. The van der Waals surface area contributed by atoms with E-state index in [1.165, 1.54) is 17.3 Å². The molecule has 0 atom stereocenters. The number of carbonyl (C=O) groups excluding carboxylic acids is 1. The highest BCUT2D eigenvalue weighted by molar-refractivity contribution is 8.27. The van der Waals surface area contributed by atoms with E-state index in [1.807, 2.05) is 24.3 Å². The number of carboxylic acid groups (broad SMARTS) is 1. The molecular formula is C22H21NO4S2. The van der Waals surface area contributed by atoms with Crippen molar-refractivity contribution in [3.05, 3.63) is 64.6 Å². The van der Waals surface area contributed by atoms with Crippen LogP contribution in [0.4, 0.5) is 5.69 Å². The second-order valence-electron chi connectivity index (χ2n) is 6.54. The van der Waals surface area contributed by atoms with Crippen molar-refractivity contribution >= 4 is 51.9 Å². The number of carbonyl (C=O) groups is 2. The average Bonchev–Trinajstić information content (AvgIpc) is 2.99. The van der Waals surface area contributed by atoms with Crippen LogP contribution in [-0.4, -0.2) is 27.9 Å². The molecule has 1 N–H and O–H groups in total. The lowest BCUT2D eigenvalue weighted by Crippen LogP contribution is -2.27. The number of ether oxygens (including phenoxy) is 1. The van der Waals surface area contributed by atoms with Crippen LogP contribution < -0.4 is 9.64 Å². The summed E-state index contributed by atoms with van der Waals surface area (Å²) in [6, 6.07) is 14.8. The van der Waals surface area contributed by atoms with Gasteiger partial charge in [-0.15, -0.1) is 0 Å². The standard InChI is InChI=1S/C22H21NO4S2/c1-2-3-4-15-5-9-17(10-6-15)23-21(26)19(29-22(23)28)13-16-7-11-18(12-8-16)27-14-20(24)25/h5-13H,2-4,14H2,1H3,(H,24,25)/b19-13+. The first kappa shape index (κ1) is 21.1. The van der Waals surface area contributed by atoms with Crippen molar-refractivity contribution < 1.29 is 19.4 Å². The molecule has 0 unspecified atom stereocenters. The summed E-state index contributed by atoms with van der Waals surface area (Å²) in [5.74, 6) is -0.719. The number of hydrogen-bond acceptors (Lipinski definition) is 5. The number of carboxylic acids is 1. The first-order valence-corrected chi connectivity index (χ1v) is 10.5. The number of rotatable bonds is 8. The van der Waals surface area contributed by atoms with E-state index in [0.29, 0.717) is 15.0 Å². The van der Waals surface area contributed by atoms with E-state index in [-0.39, 0.29) is 5.91 Å². The third kappa shape index (κ3) is 5.46. The van der Waals surface area contributed by atoms with Crippen LogP contribution in [0.2, 0.25) is 0 Å². The van der Waals surface area contributed by atoms with E-state index in [4.69, 9.17) is 22.1 Å². The molecule has 7 heteroatoms. The second kappa shape index (κ2) is 9.71. The highest BCUT2D eigenvalue weighted by Gasteiger charge is 2.33. The lowest BCUT2D eigenvalue weighted by Gasteiger charge is -2.15. The Labute approximate surface area is 179 Å². The normalized spacial score (nSPS) is 15.2. The molecule has 0 bridgehead atoms. The minimum Gasteiger partial charge on any atom is -0.482 e. The first-order valence-electron chi connectivity index (χ1n) is 9.29. The molecule has 2 aromatic rings. The molecule has 1 aliphatic rings. The fourth-order valence-electron chi connectivity index (χ4n) is 2.84. The number of unbranched alkanes of at least 4 members (excludes halogenated alkanes) is 1. The molecule has 1 saturated heterocycles. The molecule has 2 aromatic carbocycles. The van der Waals surface area contributed by atoms with Gasteiger partial charge in [-0.25, -0.2) is 4.79 Å². The zero-order chi connectivity index (χ0) is 20.8. The van der Waals surface area contributed by atoms with Gasteiger partial charge in [-0.05, 0) is 54.3 Å². The Bertz CT molecular complexity index is 936. The molecule has 1 heterocycles. The number of thioether (sulfide) groups is 1. The van der Waals surface area contributed by atoms with Gasteiger partial charge in [-0.1, -0.05) is 61.6 Å². The predicted molar refractivity (Wildman–Crippen MR) is 120 cm³/mol. The highest BCUT2D eigenvalue weighted by atomic mass is 32.2. The number of hydrogen-bond donors (Lipinski definition) is 1. The largest absolute Gasteiger partial charge is 0.482 e. The van der Waals surface area contributed by atoms with Gasteiger partial charge in [0.15, 0.2) is 10.9 Å². The zero-order valence-corrected chi connectivity index (χ0v) is 17.6. The minimum atomic E-state index is -1.03. The van der Waals surface area contributed by atoms with Crippen LogP contribution in [-0.2, 0) is 16.0 Å². The molecule has 0 aliphatic carbocycles. The average molecular weight is 428 g/mol. The summed E-state index contributed by atoms with van der Waals surface area (Å²) in [6.07, 6.45) is 5.09. The molecule has 1 fully saturated rings. The Hall–Kier alpha value is -2.64. The number of anilines is 1. The molecule has 29 heavy (non-hydrogen) atoms. The molecule has 0 aromatic heterocycles. The summed E-state index contributed by atoms with van der Waals surface area (Å²) < 4.78 is 5.62. The number of nitrogens with zero attached hydrogens (tertiary/aromatic N) is 1. The molecule has 0 spiro atoms. The number of benzene rings is 2. The Morgan fingerprint density at radius 3 is 2.48 bits per heavy atom. The summed E-state index contributed by atoms with van der Waals surface area (Å²) in [7, 11) is 0. The van der Waals surface area contributed by atoms with Crippen molar-refractivity contribution in [2.75, 3.05) is 11.5 Å². The topological polar surface area (TPSA) is 66.8 Å². The van der Waals surface area contributed by atoms with Gasteiger partial charge in [0.05, 0.1) is 10.6 Å². The van der Waals surface area contributed by atoms with Gasteiger partial charge < -0.3 is 9.84 Å². The van der Waals surface area contributed by atoms with Crippen molar-refractivity contribution in [1.29, 1.82) is 0 Å². The number of amides is 1. The van der Waals surface area contributed by atoms with Crippen LogP contribution in [0.5, 0.6) is 5.75 Å². The van der Waals surface area contributed by atoms with Crippen molar-refractivity contribution in [2.45, 2.75) is 26.2 Å². The minimum absolute atomic E-state index is 0.146. The number of aliphatic carboxylic acids is 1. The van der Waals surface area contributed by atoms with Gasteiger partial charge in [-0.2, -0.15) is 0 Å².